The first-order valence-electron chi connectivity index (χ1n) is 24.3. The molecule has 382 valence electrons. The first-order valence-corrected chi connectivity index (χ1v) is 24.3. The van der Waals surface area contributed by atoms with Crippen molar-refractivity contribution in [1.29, 1.82) is 0 Å². The van der Waals surface area contributed by atoms with Crippen LogP contribution in [0.1, 0.15) is 48.5 Å². The molecule has 0 spiro atoms. The Labute approximate surface area is 423 Å². The number of imide groups is 1. The Morgan fingerprint density at radius 2 is 1.04 bits per heavy atom. The van der Waals surface area contributed by atoms with Gasteiger partial charge >= 0.3 is 0 Å². The molecule has 4 amide bonds. The molecule has 7 rings (SSSR count). The second-order valence-corrected chi connectivity index (χ2v) is 19.0. The molecule has 5 aromatic rings. The maximum absolute atomic E-state index is 15.3. The van der Waals surface area contributed by atoms with Gasteiger partial charge in [0.05, 0.1) is 76.0 Å². The van der Waals surface area contributed by atoms with Gasteiger partial charge in [-0.15, -0.1) is 0 Å². The largest absolute Gasteiger partial charge is 0.492 e. The molecule has 2 aliphatic rings. The zero-order valence-electron chi connectivity index (χ0n) is 41.9. The summed E-state index contributed by atoms with van der Waals surface area (Å²) in [5, 5.41) is 6.24. The van der Waals surface area contributed by atoms with Crippen molar-refractivity contribution in [2.24, 2.45) is 16.2 Å². The first-order chi connectivity index (χ1) is 35.1. The molecule has 5 aromatic carbocycles. The predicted octanol–water partition coefficient (Wildman–Crippen LogP) is 6.13. The molecule has 0 fully saturated rings. The number of nitrogens with one attached hydrogen (secondary N) is 2. The van der Waals surface area contributed by atoms with Crippen LogP contribution in [0.25, 0.3) is 0 Å². The third-order valence-corrected chi connectivity index (χ3v) is 13.3. The van der Waals surface area contributed by atoms with Crippen molar-refractivity contribution in [1.82, 2.24) is 20.4 Å². The molecule has 2 heterocycles. The van der Waals surface area contributed by atoms with E-state index < -0.39 is 39.9 Å². The van der Waals surface area contributed by atoms with Gasteiger partial charge in [0.25, 0.3) is 11.8 Å². The Morgan fingerprint density at radius 3 is 1.58 bits per heavy atom. The van der Waals surface area contributed by atoms with Crippen molar-refractivity contribution in [3.8, 4) is 5.75 Å². The van der Waals surface area contributed by atoms with Gasteiger partial charge in [0.15, 0.2) is 0 Å². The first kappa shape index (κ1) is 53.5. The SMILES string of the molecule is COCC(CNC(=O)C(CNC(=O)C(COC)(COC)CN1C(=O)c2ccccc2C1=O)(COCc1ccccc1)COCc1ccccc1)(COC)COc1cccc2c1CCN(Cc1ccccc1)C2. The van der Waals surface area contributed by atoms with E-state index in [0.29, 0.717) is 0 Å². The van der Waals surface area contributed by atoms with Crippen LogP contribution in [-0.4, -0.2) is 134 Å². The van der Waals surface area contributed by atoms with E-state index in [2.05, 4.69) is 45.9 Å². The minimum Gasteiger partial charge on any atom is -0.492 e. The lowest BCUT2D eigenvalue weighted by atomic mass is 9.84. The van der Waals surface area contributed by atoms with Crippen LogP contribution in [0.5, 0.6) is 5.75 Å². The summed E-state index contributed by atoms with van der Waals surface area (Å²) in [6, 6.07) is 42.2. The van der Waals surface area contributed by atoms with Gasteiger partial charge in [0.2, 0.25) is 11.8 Å². The molecule has 0 aliphatic carbocycles. The Hall–Kier alpha value is -6.30. The number of hydrogen-bond acceptors (Lipinski definition) is 12. The zero-order valence-corrected chi connectivity index (χ0v) is 41.9. The maximum atomic E-state index is 15.3. The lowest BCUT2D eigenvalue weighted by Crippen LogP contribution is -2.60. The van der Waals surface area contributed by atoms with Crippen LogP contribution in [0.3, 0.4) is 0 Å². The zero-order chi connectivity index (χ0) is 50.8. The van der Waals surface area contributed by atoms with E-state index in [1.807, 2.05) is 78.9 Å². The van der Waals surface area contributed by atoms with Gasteiger partial charge in [-0.05, 0) is 52.4 Å². The summed E-state index contributed by atoms with van der Waals surface area (Å²) in [7, 11) is 6.05. The van der Waals surface area contributed by atoms with Gasteiger partial charge in [0, 0.05) is 67.7 Å². The van der Waals surface area contributed by atoms with Crippen molar-refractivity contribution >= 4 is 23.6 Å². The van der Waals surface area contributed by atoms with Crippen LogP contribution in [0.2, 0.25) is 0 Å². The van der Waals surface area contributed by atoms with E-state index in [0.717, 1.165) is 53.4 Å². The van der Waals surface area contributed by atoms with Crippen LogP contribution >= 0.6 is 0 Å². The Morgan fingerprint density at radius 1 is 0.542 bits per heavy atom. The molecule has 2 aliphatic heterocycles. The molecule has 15 heteroatoms. The topological polar surface area (TPSA) is 163 Å². The van der Waals surface area contributed by atoms with E-state index in [9.17, 15) is 14.4 Å². The molecule has 0 unspecified atom stereocenters. The molecule has 0 saturated heterocycles. The summed E-state index contributed by atoms with van der Waals surface area (Å²) in [6.45, 7) is 1.95. The van der Waals surface area contributed by atoms with Crippen LogP contribution in [0.15, 0.2) is 133 Å². The van der Waals surface area contributed by atoms with Crippen molar-refractivity contribution in [2.45, 2.75) is 32.7 Å². The summed E-state index contributed by atoms with van der Waals surface area (Å²) in [5.41, 5.74) is 1.84. The summed E-state index contributed by atoms with van der Waals surface area (Å²) in [4.78, 5) is 61.1. The minimum atomic E-state index is -1.59. The number of hydrogen-bond donors (Lipinski definition) is 2. The normalized spacial score (nSPS) is 14.0. The number of methoxy groups -OCH3 is 4. The van der Waals surface area contributed by atoms with Crippen LogP contribution < -0.4 is 15.4 Å². The fraction of sp³-hybridized carbons (Fsp3) is 0.404. The molecule has 72 heavy (non-hydrogen) atoms. The summed E-state index contributed by atoms with van der Waals surface area (Å²) < 4.78 is 42.4. The number of benzene rings is 5. The minimum absolute atomic E-state index is 0.0531. The van der Waals surface area contributed by atoms with Gasteiger partial charge in [-0.1, -0.05) is 115 Å². The quantitative estimate of drug-likeness (QED) is 0.0528. The van der Waals surface area contributed by atoms with E-state index in [1.54, 1.807) is 38.5 Å². The lowest BCUT2D eigenvalue weighted by molar-refractivity contribution is -0.146. The fourth-order valence-corrected chi connectivity index (χ4v) is 9.56. The highest BCUT2D eigenvalue weighted by atomic mass is 16.5. The second kappa shape index (κ2) is 25.9. The van der Waals surface area contributed by atoms with Crippen LogP contribution in [0.4, 0.5) is 0 Å². The van der Waals surface area contributed by atoms with Crippen LogP contribution in [-0.2, 0) is 70.7 Å². The van der Waals surface area contributed by atoms with Crippen molar-refractivity contribution in [3.05, 3.63) is 172 Å². The highest BCUT2D eigenvalue weighted by molar-refractivity contribution is 6.21. The fourth-order valence-electron chi connectivity index (χ4n) is 9.56. The molecule has 0 atom stereocenters. The summed E-state index contributed by atoms with van der Waals surface area (Å²) in [5.74, 6) is -1.38. The smallest absolute Gasteiger partial charge is 0.261 e. The number of amides is 4. The summed E-state index contributed by atoms with van der Waals surface area (Å²) in [6.07, 6.45) is 0.811. The maximum Gasteiger partial charge on any atom is 0.261 e. The third-order valence-electron chi connectivity index (χ3n) is 13.3. The van der Waals surface area contributed by atoms with Gasteiger partial charge in [0.1, 0.15) is 16.6 Å². The molecule has 2 N–H and O–H groups in total. The van der Waals surface area contributed by atoms with Crippen molar-refractivity contribution in [3.63, 3.8) is 0 Å². The van der Waals surface area contributed by atoms with E-state index in [-0.39, 0.29) is 90.2 Å². The molecule has 0 bridgehead atoms. The van der Waals surface area contributed by atoms with Crippen molar-refractivity contribution < 1.29 is 52.3 Å². The Bertz CT molecular complexity index is 2450. The molecule has 0 radical (unpaired) electrons. The number of rotatable bonds is 29. The molecule has 15 nitrogen and oxygen atoms in total. The number of nitrogens with zero attached hydrogens (tertiary/aromatic N) is 2. The average Bonchev–Trinajstić information content (AvgIpc) is 3.64. The number of ether oxygens (including phenoxy) is 7. The average molecular weight is 985 g/mol. The second-order valence-electron chi connectivity index (χ2n) is 19.0. The number of carbonyl (C=O) groups excluding carboxylic acids is 4. The lowest BCUT2D eigenvalue weighted by Gasteiger charge is -2.38. The molecular formula is C57H68N4O11. The van der Waals surface area contributed by atoms with Gasteiger partial charge in [-0.25, -0.2) is 0 Å². The molecule has 0 saturated carbocycles. The van der Waals surface area contributed by atoms with Gasteiger partial charge in [-0.3, -0.25) is 29.0 Å². The van der Waals surface area contributed by atoms with Gasteiger partial charge < -0.3 is 43.8 Å². The van der Waals surface area contributed by atoms with Crippen LogP contribution in [0, 0.1) is 16.2 Å². The molecule has 0 aromatic heterocycles. The monoisotopic (exact) mass is 984 g/mol. The van der Waals surface area contributed by atoms with E-state index in [1.165, 1.54) is 25.3 Å². The van der Waals surface area contributed by atoms with Crippen molar-refractivity contribution in [2.75, 3.05) is 101 Å². The Balaban J connectivity index is 1.15. The van der Waals surface area contributed by atoms with E-state index >= 15 is 4.79 Å². The number of carbonyl (C=O) groups is 4. The van der Waals surface area contributed by atoms with Gasteiger partial charge in [-0.2, -0.15) is 0 Å². The highest BCUT2D eigenvalue weighted by Gasteiger charge is 2.49. The van der Waals surface area contributed by atoms with E-state index in [4.69, 9.17) is 33.2 Å². The highest BCUT2D eigenvalue weighted by Crippen LogP contribution is 2.33. The number of fused-ring (bicyclic) bond motifs is 2. The standard InChI is InChI=1S/C57H68N4O11/c1-66-36-55(37-67-2,38-72-50-26-16-23-46-30-60(28-27-47(46)50)29-43-17-8-5-9-18-43)33-58-53(64)56(41-70-31-44-19-10-6-11-20-44,42-71-32-45-21-12-7-13-22-45)34-59-54(65)57(39-68-3,40-69-4)35-61-51(62)48-24-14-15-25-49(48)52(61)63/h5-26H,27-42H2,1-4H3,(H,58,64)(H,59,65). The third kappa shape index (κ3) is 13.4. The summed E-state index contributed by atoms with van der Waals surface area (Å²) >= 11 is 0. The Kier molecular flexibility index (Phi) is 19.2. The molecular weight excluding hydrogens is 917 g/mol. The predicted molar refractivity (Wildman–Crippen MR) is 271 cm³/mol.